The normalized spacial score (nSPS) is 11.8. The lowest BCUT2D eigenvalue weighted by Crippen LogP contribution is -2.47. The maximum absolute atomic E-state index is 12.4. The molecule has 2 amide bonds. The molecule has 0 aliphatic carbocycles. The van der Waals surface area contributed by atoms with Gasteiger partial charge in [-0.1, -0.05) is 68.4 Å². The second-order valence-corrected chi connectivity index (χ2v) is 6.21. The lowest BCUT2D eigenvalue weighted by atomic mass is 9.99. The Morgan fingerprint density at radius 3 is 2.00 bits per heavy atom. The Kier molecular flexibility index (Phi) is 6.06. The smallest absolute Gasteiger partial charge is 0.240 e. The molecule has 0 saturated heterocycles. The van der Waals surface area contributed by atoms with E-state index >= 15 is 0 Å². The van der Waals surface area contributed by atoms with E-state index in [-0.39, 0.29) is 24.0 Å². The van der Waals surface area contributed by atoms with E-state index in [1.54, 1.807) is 50.2 Å². The summed E-state index contributed by atoms with van der Waals surface area (Å²) in [5.41, 5.74) is 7.38. The van der Waals surface area contributed by atoms with Crippen LogP contribution in [0.1, 0.15) is 35.3 Å². The molecule has 2 aromatic rings. The Balaban J connectivity index is 2.09. The van der Waals surface area contributed by atoms with Gasteiger partial charge in [0, 0.05) is 23.5 Å². The highest BCUT2D eigenvalue weighted by atomic mass is 16.2. The Morgan fingerprint density at radius 1 is 0.920 bits per heavy atom. The molecule has 5 heteroatoms. The van der Waals surface area contributed by atoms with Crippen molar-refractivity contribution in [1.82, 2.24) is 5.32 Å². The number of amides is 2. The molecule has 0 aliphatic heterocycles. The summed E-state index contributed by atoms with van der Waals surface area (Å²) in [6.07, 6.45) is 0.285. The first kappa shape index (κ1) is 18.4. The zero-order valence-electron chi connectivity index (χ0n) is 14.4. The third-order valence-corrected chi connectivity index (χ3v) is 3.88. The van der Waals surface area contributed by atoms with Crippen LogP contribution in [-0.4, -0.2) is 23.6 Å². The zero-order valence-corrected chi connectivity index (χ0v) is 14.4. The third-order valence-electron chi connectivity index (χ3n) is 3.88. The SMILES string of the molecule is CC(C)C(=O)N[C@@H](Cc1ccc(C(=O)c2ccccc2)cc1)C(N)=O. The molecule has 25 heavy (non-hydrogen) atoms. The van der Waals surface area contributed by atoms with Gasteiger partial charge in [-0.2, -0.15) is 0 Å². The maximum atomic E-state index is 12.4. The fourth-order valence-corrected chi connectivity index (χ4v) is 2.35. The fourth-order valence-electron chi connectivity index (χ4n) is 2.35. The number of benzene rings is 2. The summed E-state index contributed by atoms with van der Waals surface area (Å²) in [6, 6.07) is 15.2. The van der Waals surface area contributed by atoms with E-state index in [2.05, 4.69) is 5.32 Å². The second-order valence-electron chi connectivity index (χ2n) is 6.21. The van der Waals surface area contributed by atoms with Crippen LogP contribution >= 0.6 is 0 Å². The molecule has 1 atom stereocenters. The van der Waals surface area contributed by atoms with Crippen molar-refractivity contribution in [2.45, 2.75) is 26.3 Å². The van der Waals surface area contributed by atoms with E-state index in [4.69, 9.17) is 5.73 Å². The minimum Gasteiger partial charge on any atom is -0.368 e. The van der Waals surface area contributed by atoms with Crippen molar-refractivity contribution in [3.05, 3.63) is 71.3 Å². The van der Waals surface area contributed by atoms with Crippen LogP contribution in [0.2, 0.25) is 0 Å². The number of hydrogen-bond acceptors (Lipinski definition) is 3. The summed E-state index contributed by atoms with van der Waals surface area (Å²) < 4.78 is 0. The molecule has 0 spiro atoms. The van der Waals surface area contributed by atoms with Gasteiger partial charge in [-0.25, -0.2) is 0 Å². The van der Waals surface area contributed by atoms with Gasteiger partial charge in [0.1, 0.15) is 6.04 Å². The van der Waals surface area contributed by atoms with Gasteiger partial charge in [0.05, 0.1) is 0 Å². The van der Waals surface area contributed by atoms with E-state index in [0.29, 0.717) is 11.1 Å². The molecule has 0 aromatic heterocycles. The largest absolute Gasteiger partial charge is 0.368 e. The average molecular weight is 338 g/mol. The van der Waals surface area contributed by atoms with Gasteiger partial charge >= 0.3 is 0 Å². The number of carbonyl (C=O) groups excluding carboxylic acids is 3. The number of ketones is 1. The monoisotopic (exact) mass is 338 g/mol. The van der Waals surface area contributed by atoms with Crippen molar-refractivity contribution in [3.8, 4) is 0 Å². The van der Waals surface area contributed by atoms with E-state index in [1.165, 1.54) is 0 Å². The summed E-state index contributed by atoms with van der Waals surface area (Å²) in [7, 11) is 0. The van der Waals surface area contributed by atoms with Crippen molar-refractivity contribution in [2.75, 3.05) is 0 Å². The van der Waals surface area contributed by atoms with Gasteiger partial charge in [-0.05, 0) is 5.56 Å². The number of primary amides is 1. The number of nitrogens with two attached hydrogens (primary N) is 1. The second kappa shape index (κ2) is 8.24. The average Bonchev–Trinajstić information content (AvgIpc) is 2.61. The Bertz CT molecular complexity index is 752. The maximum Gasteiger partial charge on any atom is 0.240 e. The van der Waals surface area contributed by atoms with E-state index < -0.39 is 11.9 Å². The molecule has 3 N–H and O–H groups in total. The molecule has 5 nitrogen and oxygen atoms in total. The van der Waals surface area contributed by atoms with Gasteiger partial charge in [-0.15, -0.1) is 0 Å². The first-order valence-corrected chi connectivity index (χ1v) is 8.17. The molecule has 2 aromatic carbocycles. The molecular formula is C20H22N2O3. The molecule has 2 rings (SSSR count). The van der Waals surface area contributed by atoms with Crippen molar-refractivity contribution in [3.63, 3.8) is 0 Å². The van der Waals surface area contributed by atoms with Crippen LogP contribution in [0.5, 0.6) is 0 Å². The highest BCUT2D eigenvalue weighted by Crippen LogP contribution is 2.12. The van der Waals surface area contributed by atoms with Crippen LogP contribution in [0.25, 0.3) is 0 Å². The van der Waals surface area contributed by atoms with E-state index in [9.17, 15) is 14.4 Å². The number of rotatable bonds is 7. The fraction of sp³-hybridized carbons (Fsp3) is 0.250. The Morgan fingerprint density at radius 2 is 1.48 bits per heavy atom. The molecule has 0 aliphatic rings. The minimum atomic E-state index is -0.773. The minimum absolute atomic E-state index is 0.0632. The molecular weight excluding hydrogens is 316 g/mol. The third kappa shape index (κ3) is 5.01. The zero-order chi connectivity index (χ0) is 18.4. The molecule has 0 unspecified atom stereocenters. The summed E-state index contributed by atoms with van der Waals surface area (Å²) in [5, 5.41) is 2.65. The summed E-state index contributed by atoms with van der Waals surface area (Å²) in [6.45, 7) is 3.49. The highest BCUT2D eigenvalue weighted by molar-refractivity contribution is 6.08. The summed E-state index contributed by atoms with van der Waals surface area (Å²) in [4.78, 5) is 35.7. The van der Waals surface area contributed by atoms with Crippen molar-refractivity contribution in [1.29, 1.82) is 0 Å². The Labute approximate surface area is 147 Å². The van der Waals surface area contributed by atoms with Crippen LogP contribution in [0.4, 0.5) is 0 Å². The quantitative estimate of drug-likeness (QED) is 0.758. The molecule has 0 saturated carbocycles. The topological polar surface area (TPSA) is 89.3 Å². The molecule has 0 fully saturated rings. The number of hydrogen-bond donors (Lipinski definition) is 2. The first-order valence-electron chi connectivity index (χ1n) is 8.17. The summed E-state index contributed by atoms with van der Waals surface area (Å²) in [5.74, 6) is -1.10. The Hall–Kier alpha value is -2.95. The first-order chi connectivity index (χ1) is 11.9. The number of nitrogens with one attached hydrogen (secondary N) is 1. The van der Waals surface area contributed by atoms with Crippen LogP contribution in [0.15, 0.2) is 54.6 Å². The molecule has 0 radical (unpaired) electrons. The molecule has 0 bridgehead atoms. The molecule has 0 heterocycles. The standard InChI is InChI=1S/C20H22N2O3/c1-13(2)20(25)22-17(19(21)24)12-14-8-10-16(11-9-14)18(23)15-6-4-3-5-7-15/h3-11,13,17H,12H2,1-2H3,(H2,21,24)(H,22,25)/t17-/m0/s1. The lowest BCUT2D eigenvalue weighted by molar-refractivity contribution is -0.129. The van der Waals surface area contributed by atoms with Gasteiger partial charge < -0.3 is 11.1 Å². The van der Waals surface area contributed by atoms with Gasteiger partial charge in [-0.3, -0.25) is 14.4 Å². The van der Waals surface area contributed by atoms with Gasteiger partial charge in [0.15, 0.2) is 5.78 Å². The lowest BCUT2D eigenvalue weighted by Gasteiger charge is -2.17. The van der Waals surface area contributed by atoms with Gasteiger partial charge in [0.25, 0.3) is 0 Å². The van der Waals surface area contributed by atoms with Gasteiger partial charge in [0.2, 0.25) is 11.8 Å². The predicted octanol–water partition coefficient (Wildman–Crippen LogP) is 2.09. The highest BCUT2D eigenvalue weighted by Gasteiger charge is 2.20. The summed E-state index contributed by atoms with van der Waals surface area (Å²) >= 11 is 0. The van der Waals surface area contributed by atoms with Crippen molar-refractivity contribution < 1.29 is 14.4 Å². The van der Waals surface area contributed by atoms with E-state index in [1.807, 2.05) is 18.2 Å². The number of carbonyl (C=O) groups is 3. The molecule has 130 valence electrons. The van der Waals surface area contributed by atoms with Crippen LogP contribution in [-0.2, 0) is 16.0 Å². The van der Waals surface area contributed by atoms with E-state index in [0.717, 1.165) is 5.56 Å². The van der Waals surface area contributed by atoms with Crippen molar-refractivity contribution in [2.24, 2.45) is 11.7 Å². The van der Waals surface area contributed by atoms with Crippen LogP contribution in [0, 0.1) is 5.92 Å². The predicted molar refractivity (Wildman–Crippen MR) is 96.0 cm³/mol. The van der Waals surface area contributed by atoms with Crippen LogP contribution in [0.3, 0.4) is 0 Å². The van der Waals surface area contributed by atoms with Crippen molar-refractivity contribution >= 4 is 17.6 Å². The van der Waals surface area contributed by atoms with Crippen LogP contribution < -0.4 is 11.1 Å².